The van der Waals surface area contributed by atoms with Crippen LogP contribution in [0.1, 0.15) is 40.5 Å². The molecule has 3 heteroatoms. The first-order chi connectivity index (χ1) is 6.99. The summed E-state index contributed by atoms with van der Waals surface area (Å²) in [6.07, 6.45) is 2.46. The summed E-state index contributed by atoms with van der Waals surface area (Å²) in [5.41, 5.74) is 0. The highest BCUT2D eigenvalue weighted by molar-refractivity contribution is 5.71. The van der Waals surface area contributed by atoms with Crippen LogP contribution in [0.3, 0.4) is 0 Å². The standard InChI is InChI=1S/C12H23NO2/c1-9(2)15-12(14)8-13-7-10(3)5-6-11(13)4/h9-11H,5-8H2,1-4H3. The highest BCUT2D eigenvalue weighted by Crippen LogP contribution is 2.20. The average molecular weight is 213 g/mol. The Morgan fingerprint density at radius 3 is 2.67 bits per heavy atom. The zero-order valence-corrected chi connectivity index (χ0v) is 10.3. The Morgan fingerprint density at radius 1 is 1.40 bits per heavy atom. The molecule has 1 heterocycles. The number of carbonyl (C=O) groups is 1. The summed E-state index contributed by atoms with van der Waals surface area (Å²) in [6.45, 7) is 9.68. The molecule has 2 atom stereocenters. The quantitative estimate of drug-likeness (QED) is 0.672. The van der Waals surface area contributed by atoms with Gasteiger partial charge in [-0.25, -0.2) is 0 Å². The largest absolute Gasteiger partial charge is 0.462 e. The number of hydrogen-bond acceptors (Lipinski definition) is 3. The van der Waals surface area contributed by atoms with E-state index in [2.05, 4.69) is 18.7 Å². The average Bonchev–Trinajstić information content (AvgIpc) is 2.10. The van der Waals surface area contributed by atoms with E-state index in [-0.39, 0.29) is 12.1 Å². The first-order valence-electron chi connectivity index (χ1n) is 5.92. The molecular weight excluding hydrogens is 190 g/mol. The van der Waals surface area contributed by atoms with Gasteiger partial charge in [-0.15, -0.1) is 0 Å². The molecule has 0 aliphatic carbocycles. The van der Waals surface area contributed by atoms with Crippen LogP contribution in [0, 0.1) is 5.92 Å². The summed E-state index contributed by atoms with van der Waals surface area (Å²) >= 11 is 0. The van der Waals surface area contributed by atoms with Gasteiger partial charge in [0.15, 0.2) is 0 Å². The summed E-state index contributed by atoms with van der Waals surface area (Å²) in [5.74, 6) is 0.610. The van der Waals surface area contributed by atoms with E-state index in [9.17, 15) is 4.79 Å². The minimum absolute atomic E-state index is 0.00461. The van der Waals surface area contributed by atoms with Gasteiger partial charge in [0.05, 0.1) is 12.6 Å². The van der Waals surface area contributed by atoms with E-state index in [1.54, 1.807) is 0 Å². The van der Waals surface area contributed by atoms with Crippen LogP contribution in [-0.4, -0.2) is 36.1 Å². The summed E-state index contributed by atoms with van der Waals surface area (Å²) in [4.78, 5) is 13.7. The fourth-order valence-electron chi connectivity index (χ4n) is 2.07. The lowest BCUT2D eigenvalue weighted by atomic mass is 9.95. The summed E-state index contributed by atoms with van der Waals surface area (Å²) in [6, 6.07) is 0.515. The molecule has 0 aromatic carbocycles. The molecule has 1 aliphatic heterocycles. The minimum atomic E-state index is -0.0917. The third-order valence-corrected chi connectivity index (χ3v) is 2.95. The van der Waals surface area contributed by atoms with Crippen LogP contribution in [0.15, 0.2) is 0 Å². The topological polar surface area (TPSA) is 29.5 Å². The van der Waals surface area contributed by atoms with Crippen molar-refractivity contribution >= 4 is 5.97 Å². The van der Waals surface area contributed by atoms with Gasteiger partial charge in [0.2, 0.25) is 0 Å². The lowest BCUT2D eigenvalue weighted by molar-refractivity contribution is -0.149. The van der Waals surface area contributed by atoms with Gasteiger partial charge < -0.3 is 4.74 Å². The zero-order valence-electron chi connectivity index (χ0n) is 10.3. The number of piperidine rings is 1. The Labute approximate surface area is 92.8 Å². The molecular formula is C12H23NO2. The van der Waals surface area contributed by atoms with Crippen LogP contribution in [0.2, 0.25) is 0 Å². The number of rotatable bonds is 3. The van der Waals surface area contributed by atoms with Crippen LogP contribution in [0.4, 0.5) is 0 Å². The minimum Gasteiger partial charge on any atom is -0.462 e. The molecule has 0 saturated carbocycles. The van der Waals surface area contributed by atoms with E-state index in [1.807, 2.05) is 13.8 Å². The molecule has 1 aliphatic rings. The van der Waals surface area contributed by atoms with E-state index in [4.69, 9.17) is 4.74 Å². The van der Waals surface area contributed by atoms with Crippen LogP contribution in [-0.2, 0) is 9.53 Å². The van der Waals surface area contributed by atoms with Gasteiger partial charge in [-0.1, -0.05) is 6.92 Å². The van der Waals surface area contributed by atoms with Gasteiger partial charge in [0, 0.05) is 12.6 Å². The molecule has 0 aromatic rings. The Balaban J connectivity index is 2.38. The number of likely N-dealkylation sites (tertiary alicyclic amines) is 1. The van der Waals surface area contributed by atoms with Crippen molar-refractivity contribution in [3.05, 3.63) is 0 Å². The van der Waals surface area contributed by atoms with Crippen molar-refractivity contribution in [2.75, 3.05) is 13.1 Å². The monoisotopic (exact) mass is 213 g/mol. The summed E-state index contributed by atoms with van der Waals surface area (Å²) in [5, 5.41) is 0. The molecule has 0 spiro atoms. The maximum atomic E-state index is 11.5. The molecule has 0 amide bonds. The fourth-order valence-corrected chi connectivity index (χ4v) is 2.07. The van der Waals surface area contributed by atoms with Crippen molar-refractivity contribution in [3.63, 3.8) is 0 Å². The Bertz CT molecular complexity index is 216. The van der Waals surface area contributed by atoms with E-state index in [0.717, 1.165) is 6.54 Å². The van der Waals surface area contributed by atoms with Crippen LogP contribution < -0.4 is 0 Å². The molecule has 0 aromatic heterocycles. The third kappa shape index (κ3) is 4.20. The van der Waals surface area contributed by atoms with E-state index >= 15 is 0 Å². The Kier molecular flexibility index (Phi) is 4.58. The van der Waals surface area contributed by atoms with Gasteiger partial charge in [-0.05, 0) is 39.5 Å². The van der Waals surface area contributed by atoms with Gasteiger partial charge in [-0.2, -0.15) is 0 Å². The van der Waals surface area contributed by atoms with Crippen LogP contribution in [0.5, 0.6) is 0 Å². The third-order valence-electron chi connectivity index (χ3n) is 2.95. The predicted octanol–water partition coefficient (Wildman–Crippen LogP) is 2.06. The molecule has 0 N–H and O–H groups in total. The van der Waals surface area contributed by atoms with Crippen molar-refractivity contribution < 1.29 is 9.53 Å². The van der Waals surface area contributed by atoms with Crippen molar-refractivity contribution in [1.82, 2.24) is 4.90 Å². The zero-order chi connectivity index (χ0) is 11.4. The smallest absolute Gasteiger partial charge is 0.320 e. The molecule has 1 fully saturated rings. The molecule has 1 saturated heterocycles. The predicted molar refractivity (Wildman–Crippen MR) is 60.7 cm³/mol. The Morgan fingerprint density at radius 2 is 2.07 bits per heavy atom. The molecule has 0 bridgehead atoms. The second kappa shape index (κ2) is 5.50. The van der Waals surface area contributed by atoms with Crippen molar-refractivity contribution in [1.29, 1.82) is 0 Å². The number of nitrogens with zero attached hydrogens (tertiary/aromatic N) is 1. The van der Waals surface area contributed by atoms with Crippen molar-refractivity contribution in [3.8, 4) is 0 Å². The summed E-state index contributed by atoms with van der Waals surface area (Å²) < 4.78 is 5.16. The summed E-state index contributed by atoms with van der Waals surface area (Å²) in [7, 11) is 0. The normalized spacial score (nSPS) is 28.1. The maximum Gasteiger partial charge on any atom is 0.320 e. The first kappa shape index (κ1) is 12.5. The van der Waals surface area contributed by atoms with Gasteiger partial charge in [0.1, 0.15) is 0 Å². The second-order valence-electron chi connectivity index (χ2n) is 5.00. The molecule has 0 radical (unpaired) electrons. The molecule has 1 rings (SSSR count). The SMILES string of the molecule is CC1CCC(C)N(CC(=O)OC(C)C)C1. The van der Waals surface area contributed by atoms with Crippen LogP contribution >= 0.6 is 0 Å². The van der Waals surface area contributed by atoms with Gasteiger partial charge in [-0.3, -0.25) is 9.69 Å². The van der Waals surface area contributed by atoms with Crippen molar-refractivity contribution in [2.45, 2.75) is 52.7 Å². The van der Waals surface area contributed by atoms with Gasteiger partial charge in [0.25, 0.3) is 0 Å². The first-order valence-corrected chi connectivity index (χ1v) is 5.92. The molecule has 2 unspecified atom stereocenters. The highest BCUT2D eigenvalue weighted by atomic mass is 16.5. The van der Waals surface area contributed by atoms with E-state index in [0.29, 0.717) is 18.5 Å². The molecule has 15 heavy (non-hydrogen) atoms. The molecule has 3 nitrogen and oxygen atoms in total. The van der Waals surface area contributed by atoms with E-state index in [1.165, 1.54) is 12.8 Å². The van der Waals surface area contributed by atoms with Crippen molar-refractivity contribution in [2.24, 2.45) is 5.92 Å². The number of ether oxygens (including phenoxy) is 1. The lowest BCUT2D eigenvalue weighted by Gasteiger charge is -2.36. The number of esters is 1. The second-order valence-corrected chi connectivity index (χ2v) is 5.00. The fraction of sp³-hybridized carbons (Fsp3) is 0.917. The Hall–Kier alpha value is -0.570. The highest BCUT2D eigenvalue weighted by Gasteiger charge is 2.25. The van der Waals surface area contributed by atoms with Crippen LogP contribution in [0.25, 0.3) is 0 Å². The maximum absolute atomic E-state index is 11.5. The molecule has 88 valence electrons. The van der Waals surface area contributed by atoms with Gasteiger partial charge >= 0.3 is 5.97 Å². The van der Waals surface area contributed by atoms with E-state index < -0.39 is 0 Å². The number of carbonyl (C=O) groups excluding carboxylic acids is 1. The number of hydrogen-bond donors (Lipinski definition) is 0. The lowest BCUT2D eigenvalue weighted by Crippen LogP contribution is -2.44.